The highest BCUT2D eigenvalue weighted by Crippen LogP contribution is 2.38. The zero-order valence-corrected chi connectivity index (χ0v) is 25.7. The number of hydrogen-bond acceptors (Lipinski definition) is 9. The molecule has 0 amide bonds. The second-order valence-corrected chi connectivity index (χ2v) is 12.7. The number of alkyl halides is 6. The first kappa shape index (κ1) is 32.7. The largest absolute Gasteiger partial charge is 0.474 e. The molecule has 0 radical (unpaired) electrons. The second kappa shape index (κ2) is 13.1. The summed E-state index contributed by atoms with van der Waals surface area (Å²) in [6.07, 6.45) is -4.94. The lowest BCUT2D eigenvalue weighted by molar-refractivity contribution is -0.388. The number of nitrogens with zero attached hydrogens (tertiary/aromatic N) is 5. The Morgan fingerprint density at radius 1 is 0.936 bits per heavy atom. The molecule has 2 aromatic heterocycles. The van der Waals surface area contributed by atoms with E-state index in [0.29, 0.717) is 43.6 Å². The third-order valence-corrected chi connectivity index (χ3v) is 9.43. The molecule has 3 heterocycles. The van der Waals surface area contributed by atoms with Gasteiger partial charge in [0.25, 0.3) is 5.69 Å². The molecule has 2 aliphatic rings. The Morgan fingerprint density at radius 2 is 1.68 bits per heavy atom. The fourth-order valence-electron chi connectivity index (χ4n) is 5.95. The number of nitrogens with one attached hydrogen (secondary N) is 1. The van der Waals surface area contributed by atoms with Gasteiger partial charge in [0.15, 0.2) is 0 Å². The van der Waals surface area contributed by atoms with Crippen LogP contribution in [0.15, 0.2) is 54.7 Å². The van der Waals surface area contributed by atoms with Gasteiger partial charge < -0.3 is 15.0 Å². The molecule has 0 atom stereocenters. The number of ether oxygens (including phenoxy) is 1. The lowest BCUT2D eigenvalue weighted by Gasteiger charge is -2.35. The van der Waals surface area contributed by atoms with Gasteiger partial charge in [-0.3, -0.25) is 15.0 Å². The van der Waals surface area contributed by atoms with Gasteiger partial charge >= 0.3 is 12.4 Å². The van der Waals surface area contributed by atoms with E-state index in [-0.39, 0.29) is 17.8 Å². The van der Waals surface area contributed by atoms with Gasteiger partial charge in [0.2, 0.25) is 5.88 Å². The summed E-state index contributed by atoms with van der Waals surface area (Å²) < 4.78 is 85.9. The van der Waals surface area contributed by atoms with Crippen molar-refractivity contribution in [3.8, 4) is 5.88 Å². The summed E-state index contributed by atoms with van der Waals surface area (Å²) in [5.41, 5.74) is -1.45. The number of benzene rings is 2. The molecular weight excluding hydrogens is 650 g/mol. The summed E-state index contributed by atoms with van der Waals surface area (Å²) in [5, 5.41) is 14.9. The standard InChI is InChI=1S/C31H30F6N6O3S/c32-30(33,34)19-1-9-27-25(15-19)40-29(47-27)18-41-11-13-42(14-12-41)22-5-10-28(38-17-22)46-23-6-2-20(3-7-23)39-21-4-8-26(43(44)45)24(16-21)31(35,36)37/h1,4-5,8-10,15-17,20,23,39H,2-3,6-7,11-14,18H2. The number of fused-ring (bicyclic) bond motifs is 1. The van der Waals surface area contributed by atoms with Gasteiger partial charge in [-0.25, -0.2) is 9.97 Å². The van der Waals surface area contributed by atoms with Crippen molar-refractivity contribution in [1.82, 2.24) is 14.9 Å². The Kier molecular flexibility index (Phi) is 9.16. The van der Waals surface area contributed by atoms with Crippen molar-refractivity contribution in [2.75, 3.05) is 36.4 Å². The predicted octanol–water partition coefficient (Wildman–Crippen LogP) is 7.76. The number of thiazole rings is 1. The van der Waals surface area contributed by atoms with Crippen LogP contribution in [0.5, 0.6) is 5.88 Å². The Hall–Kier alpha value is -4.18. The van der Waals surface area contributed by atoms with Crippen LogP contribution in [-0.4, -0.2) is 58.1 Å². The van der Waals surface area contributed by atoms with Crippen molar-refractivity contribution in [3.05, 3.63) is 81.0 Å². The molecule has 9 nitrogen and oxygen atoms in total. The van der Waals surface area contributed by atoms with Crippen LogP contribution in [0.4, 0.5) is 43.4 Å². The number of halogens is 6. The summed E-state index contributed by atoms with van der Waals surface area (Å²) in [6, 6.07) is 10.3. The molecule has 2 aromatic carbocycles. The summed E-state index contributed by atoms with van der Waals surface area (Å²) in [6.45, 7) is 3.59. The molecule has 1 saturated heterocycles. The molecule has 1 aliphatic carbocycles. The highest BCUT2D eigenvalue weighted by Gasteiger charge is 2.38. The maximum atomic E-state index is 13.3. The molecule has 250 valence electrons. The lowest BCUT2D eigenvalue weighted by Crippen LogP contribution is -2.46. The Bertz CT molecular complexity index is 1720. The van der Waals surface area contributed by atoms with Crippen molar-refractivity contribution >= 4 is 38.6 Å². The average Bonchev–Trinajstić information content (AvgIpc) is 3.43. The summed E-state index contributed by atoms with van der Waals surface area (Å²) >= 11 is 1.41. The molecule has 0 unspecified atom stereocenters. The van der Waals surface area contributed by atoms with Crippen molar-refractivity contribution in [1.29, 1.82) is 0 Å². The van der Waals surface area contributed by atoms with Crippen LogP contribution < -0.4 is 15.0 Å². The van der Waals surface area contributed by atoms with E-state index < -0.39 is 34.1 Å². The normalized spacial score (nSPS) is 19.6. The van der Waals surface area contributed by atoms with E-state index in [9.17, 15) is 36.5 Å². The average molecular weight is 681 g/mol. The number of rotatable bonds is 8. The highest BCUT2D eigenvalue weighted by molar-refractivity contribution is 7.18. The molecule has 0 spiro atoms. The lowest BCUT2D eigenvalue weighted by atomic mass is 9.92. The zero-order valence-electron chi connectivity index (χ0n) is 24.9. The van der Waals surface area contributed by atoms with Crippen molar-refractivity contribution in [3.63, 3.8) is 0 Å². The van der Waals surface area contributed by atoms with Crippen LogP contribution in [0.2, 0.25) is 0 Å². The quantitative estimate of drug-likeness (QED) is 0.115. The number of hydrogen-bond donors (Lipinski definition) is 1. The monoisotopic (exact) mass is 680 g/mol. The molecule has 1 aliphatic heterocycles. The third kappa shape index (κ3) is 7.87. The van der Waals surface area contributed by atoms with Crippen LogP contribution in [0.1, 0.15) is 41.8 Å². The van der Waals surface area contributed by atoms with Gasteiger partial charge in [0.1, 0.15) is 16.7 Å². The van der Waals surface area contributed by atoms with Crippen LogP contribution >= 0.6 is 11.3 Å². The minimum Gasteiger partial charge on any atom is -0.474 e. The smallest absolute Gasteiger partial charge is 0.423 e. The van der Waals surface area contributed by atoms with Crippen LogP contribution in [0, 0.1) is 10.1 Å². The molecule has 47 heavy (non-hydrogen) atoms. The topological polar surface area (TPSA) is 96.7 Å². The fraction of sp³-hybridized carbons (Fsp3) is 0.419. The summed E-state index contributed by atoms with van der Waals surface area (Å²) in [4.78, 5) is 23.3. The summed E-state index contributed by atoms with van der Waals surface area (Å²) in [5.74, 6) is 0.485. The van der Waals surface area contributed by atoms with Crippen LogP contribution in [-0.2, 0) is 18.9 Å². The number of piperazine rings is 1. The van der Waals surface area contributed by atoms with Gasteiger partial charge in [-0.1, -0.05) is 0 Å². The van der Waals surface area contributed by atoms with Gasteiger partial charge in [0, 0.05) is 50.0 Å². The van der Waals surface area contributed by atoms with E-state index >= 15 is 0 Å². The number of nitro benzene ring substituents is 1. The van der Waals surface area contributed by atoms with Crippen molar-refractivity contribution in [2.45, 2.75) is 56.7 Å². The summed E-state index contributed by atoms with van der Waals surface area (Å²) in [7, 11) is 0. The van der Waals surface area contributed by atoms with E-state index in [4.69, 9.17) is 4.74 Å². The van der Waals surface area contributed by atoms with E-state index in [1.807, 2.05) is 12.1 Å². The fourth-order valence-corrected chi connectivity index (χ4v) is 6.94. The minimum absolute atomic E-state index is 0.0942. The molecule has 1 saturated carbocycles. The molecule has 2 fully saturated rings. The van der Waals surface area contributed by atoms with E-state index in [1.54, 1.807) is 6.20 Å². The van der Waals surface area contributed by atoms with E-state index in [1.165, 1.54) is 23.5 Å². The molecule has 16 heteroatoms. The van der Waals surface area contributed by atoms with E-state index in [0.717, 1.165) is 65.8 Å². The number of anilines is 2. The first-order chi connectivity index (χ1) is 22.3. The van der Waals surface area contributed by atoms with Crippen LogP contribution in [0.25, 0.3) is 10.2 Å². The predicted molar refractivity (Wildman–Crippen MR) is 165 cm³/mol. The first-order valence-electron chi connectivity index (χ1n) is 15.0. The number of nitro groups is 1. The van der Waals surface area contributed by atoms with Crippen LogP contribution in [0.3, 0.4) is 0 Å². The Balaban J connectivity index is 0.957. The highest BCUT2D eigenvalue weighted by atomic mass is 32.1. The SMILES string of the molecule is O=[N+]([O-])c1ccc(NC2CCC(Oc3ccc(N4CCN(Cc5nc6cc(C(F)(F)F)ccc6s5)CC4)cn3)CC2)cc1C(F)(F)F. The molecule has 1 N–H and O–H groups in total. The molecule has 4 aromatic rings. The van der Waals surface area contributed by atoms with Gasteiger partial charge in [-0.05, 0) is 62.1 Å². The molecular formula is C31H30F6N6O3S. The van der Waals surface area contributed by atoms with E-state index in [2.05, 4.69) is 25.1 Å². The molecule has 0 bridgehead atoms. The maximum Gasteiger partial charge on any atom is 0.423 e. The maximum absolute atomic E-state index is 13.3. The minimum atomic E-state index is -4.83. The number of pyridine rings is 1. The van der Waals surface area contributed by atoms with Gasteiger partial charge in [-0.15, -0.1) is 11.3 Å². The number of aromatic nitrogens is 2. The Labute approximate surface area is 269 Å². The van der Waals surface area contributed by atoms with Crippen molar-refractivity contribution < 1.29 is 36.0 Å². The zero-order chi connectivity index (χ0) is 33.3. The van der Waals surface area contributed by atoms with Gasteiger partial charge in [-0.2, -0.15) is 26.3 Å². The third-order valence-electron chi connectivity index (χ3n) is 8.41. The second-order valence-electron chi connectivity index (χ2n) is 11.6. The molecule has 6 rings (SSSR count). The Morgan fingerprint density at radius 3 is 2.32 bits per heavy atom. The van der Waals surface area contributed by atoms with Gasteiger partial charge in [0.05, 0.1) is 39.1 Å². The first-order valence-corrected chi connectivity index (χ1v) is 15.8. The van der Waals surface area contributed by atoms with Crippen molar-refractivity contribution in [2.24, 2.45) is 0 Å².